The van der Waals surface area contributed by atoms with Crippen LogP contribution in [-0.4, -0.2) is 35.2 Å². The monoisotopic (exact) mass is 381 g/mol. The number of carbonyl (C=O) groups is 1. The van der Waals surface area contributed by atoms with Gasteiger partial charge in [-0.3, -0.25) is 4.79 Å². The number of imidazole rings is 1. The van der Waals surface area contributed by atoms with E-state index in [0.29, 0.717) is 19.8 Å². The molecule has 1 heterocycles. The van der Waals surface area contributed by atoms with E-state index >= 15 is 0 Å². The first-order chi connectivity index (χ1) is 13.6. The summed E-state index contributed by atoms with van der Waals surface area (Å²) in [7, 11) is 0. The van der Waals surface area contributed by atoms with Crippen molar-refractivity contribution in [1.82, 2.24) is 14.9 Å². The van der Waals surface area contributed by atoms with Crippen LogP contribution in [0.5, 0.6) is 11.5 Å². The van der Waals surface area contributed by atoms with Gasteiger partial charge in [-0.2, -0.15) is 0 Å². The van der Waals surface area contributed by atoms with Crippen molar-refractivity contribution in [2.45, 2.75) is 33.7 Å². The Morgan fingerprint density at radius 3 is 2.61 bits per heavy atom. The summed E-state index contributed by atoms with van der Waals surface area (Å²) in [6.07, 6.45) is 0.724. The average Bonchev–Trinajstić information content (AvgIpc) is 2.99. The normalized spacial score (nSPS) is 10.8. The van der Waals surface area contributed by atoms with Crippen molar-refractivity contribution < 1.29 is 14.3 Å². The van der Waals surface area contributed by atoms with Crippen LogP contribution in [0.15, 0.2) is 42.5 Å². The fraction of sp³-hybridized carbons (Fsp3) is 0.364. The van der Waals surface area contributed by atoms with Gasteiger partial charge in [-0.05, 0) is 57.0 Å². The van der Waals surface area contributed by atoms with Crippen molar-refractivity contribution >= 4 is 16.9 Å². The zero-order valence-electron chi connectivity index (χ0n) is 16.7. The van der Waals surface area contributed by atoms with Crippen LogP contribution in [0, 0.1) is 6.92 Å². The number of ether oxygens (including phenoxy) is 2. The standard InChI is InChI=1S/C22H27N3O3/c1-4-27-20-11-10-17(14-21(20)28-5-2)12-13-23-22(26)15-25-16(3)24-18-8-6-7-9-19(18)25/h6-11,14H,4-5,12-13,15H2,1-3H3,(H,23,26). The zero-order chi connectivity index (χ0) is 19.9. The topological polar surface area (TPSA) is 65.4 Å². The first kappa shape index (κ1) is 19.7. The van der Waals surface area contributed by atoms with Gasteiger partial charge in [0.1, 0.15) is 12.4 Å². The van der Waals surface area contributed by atoms with Crippen molar-refractivity contribution in [3.63, 3.8) is 0 Å². The van der Waals surface area contributed by atoms with Gasteiger partial charge in [0, 0.05) is 6.54 Å². The smallest absolute Gasteiger partial charge is 0.240 e. The number of nitrogens with zero attached hydrogens (tertiary/aromatic N) is 2. The summed E-state index contributed by atoms with van der Waals surface area (Å²) in [5.74, 6) is 2.31. The van der Waals surface area contributed by atoms with Crippen LogP contribution < -0.4 is 14.8 Å². The molecule has 1 N–H and O–H groups in total. The molecule has 0 aliphatic carbocycles. The van der Waals surface area contributed by atoms with Crippen molar-refractivity contribution in [2.75, 3.05) is 19.8 Å². The molecule has 0 atom stereocenters. The number of fused-ring (bicyclic) bond motifs is 1. The molecule has 0 bridgehead atoms. The van der Waals surface area contributed by atoms with Crippen molar-refractivity contribution in [3.05, 3.63) is 53.9 Å². The summed E-state index contributed by atoms with van der Waals surface area (Å²) in [4.78, 5) is 16.9. The molecule has 0 saturated heterocycles. The van der Waals surface area contributed by atoms with Gasteiger partial charge in [-0.15, -0.1) is 0 Å². The minimum atomic E-state index is -0.0257. The highest BCUT2D eigenvalue weighted by Gasteiger charge is 2.11. The second-order valence-corrected chi connectivity index (χ2v) is 6.48. The predicted octanol–water partition coefficient (Wildman–Crippen LogP) is 3.50. The highest BCUT2D eigenvalue weighted by Crippen LogP contribution is 2.28. The van der Waals surface area contributed by atoms with Crippen LogP contribution in [0.3, 0.4) is 0 Å². The van der Waals surface area contributed by atoms with Crippen LogP contribution in [-0.2, 0) is 17.8 Å². The molecule has 28 heavy (non-hydrogen) atoms. The number of nitrogens with one attached hydrogen (secondary N) is 1. The first-order valence-electron chi connectivity index (χ1n) is 9.69. The number of hydrogen-bond donors (Lipinski definition) is 1. The summed E-state index contributed by atoms with van der Waals surface area (Å²) in [6, 6.07) is 13.8. The fourth-order valence-corrected chi connectivity index (χ4v) is 3.19. The first-order valence-corrected chi connectivity index (χ1v) is 9.69. The molecule has 3 aromatic rings. The number of amides is 1. The van der Waals surface area contributed by atoms with Gasteiger partial charge in [0.2, 0.25) is 5.91 Å². The summed E-state index contributed by atoms with van der Waals surface area (Å²) in [5, 5.41) is 2.99. The largest absolute Gasteiger partial charge is 0.490 e. The van der Waals surface area contributed by atoms with Crippen LogP contribution in [0.25, 0.3) is 11.0 Å². The molecule has 1 aromatic heterocycles. The van der Waals surface area contributed by atoms with E-state index in [1.807, 2.05) is 67.8 Å². The van der Waals surface area contributed by atoms with Gasteiger partial charge < -0.3 is 19.4 Å². The SMILES string of the molecule is CCOc1ccc(CCNC(=O)Cn2c(C)nc3ccccc32)cc1OCC. The highest BCUT2D eigenvalue weighted by molar-refractivity contribution is 5.81. The lowest BCUT2D eigenvalue weighted by atomic mass is 10.1. The van der Waals surface area contributed by atoms with Gasteiger partial charge >= 0.3 is 0 Å². The maximum Gasteiger partial charge on any atom is 0.240 e. The Balaban J connectivity index is 1.58. The summed E-state index contributed by atoms with van der Waals surface area (Å²) < 4.78 is 13.2. The molecule has 0 aliphatic rings. The number of hydrogen-bond acceptors (Lipinski definition) is 4. The molecule has 0 radical (unpaired) electrons. The van der Waals surface area contributed by atoms with E-state index in [9.17, 15) is 4.79 Å². The molecule has 6 nitrogen and oxygen atoms in total. The molecule has 6 heteroatoms. The Morgan fingerprint density at radius 2 is 1.82 bits per heavy atom. The number of benzene rings is 2. The molecule has 0 aliphatic heterocycles. The second kappa shape index (κ2) is 9.26. The lowest BCUT2D eigenvalue weighted by Crippen LogP contribution is -2.29. The Hall–Kier alpha value is -3.02. The second-order valence-electron chi connectivity index (χ2n) is 6.48. The molecular weight excluding hydrogens is 354 g/mol. The third kappa shape index (κ3) is 4.63. The summed E-state index contributed by atoms with van der Waals surface area (Å²) in [6.45, 7) is 7.82. The van der Waals surface area contributed by atoms with Crippen LogP contribution in [0.1, 0.15) is 25.2 Å². The minimum absolute atomic E-state index is 0.0257. The maximum absolute atomic E-state index is 12.4. The molecule has 0 fully saturated rings. The quantitative estimate of drug-likeness (QED) is 0.616. The molecule has 148 valence electrons. The lowest BCUT2D eigenvalue weighted by Gasteiger charge is -2.13. The van der Waals surface area contributed by atoms with E-state index in [0.717, 1.165) is 40.3 Å². The van der Waals surface area contributed by atoms with E-state index in [2.05, 4.69) is 10.3 Å². The average molecular weight is 381 g/mol. The van der Waals surface area contributed by atoms with Crippen molar-refractivity contribution in [2.24, 2.45) is 0 Å². The number of carbonyl (C=O) groups excluding carboxylic acids is 1. The zero-order valence-corrected chi connectivity index (χ0v) is 16.7. The number of aryl methyl sites for hydroxylation is 1. The van der Waals surface area contributed by atoms with Gasteiger partial charge in [-0.25, -0.2) is 4.98 Å². The van der Waals surface area contributed by atoms with Gasteiger partial charge in [0.15, 0.2) is 11.5 Å². The third-order valence-electron chi connectivity index (χ3n) is 4.49. The lowest BCUT2D eigenvalue weighted by molar-refractivity contribution is -0.121. The Morgan fingerprint density at radius 1 is 1.07 bits per heavy atom. The van der Waals surface area contributed by atoms with Crippen molar-refractivity contribution in [1.29, 1.82) is 0 Å². The van der Waals surface area contributed by atoms with E-state index in [1.165, 1.54) is 0 Å². The third-order valence-corrected chi connectivity index (χ3v) is 4.49. The van der Waals surface area contributed by atoms with Gasteiger partial charge in [0.05, 0.1) is 24.2 Å². The predicted molar refractivity (Wildman–Crippen MR) is 110 cm³/mol. The van der Waals surface area contributed by atoms with Crippen LogP contribution >= 0.6 is 0 Å². The highest BCUT2D eigenvalue weighted by atomic mass is 16.5. The van der Waals surface area contributed by atoms with Gasteiger partial charge in [0.25, 0.3) is 0 Å². The summed E-state index contributed by atoms with van der Waals surface area (Å²) in [5.41, 5.74) is 2.98. The molecule has 3 rings (SSSR count). The minimum Gasteiger partial charge on any atom is -0.490 e. The Labute approximate surface area is 165 Å². The van der Waals surface area contributed by atoms with E-state index in [4.69, 9.17) is 9.47 Å². The molecule has 0 saturated carbocycles. The number of para-hydroxylation sites is 2. The van der Waals surface area contributed by atoms with Crippen molar-refractivity contribution in [3.8, 4) is 11.5 Å². The Bertz CT molecular complexity index is 949. The van der Waals surface area contributed by atoms with E-state index < -0.39 is 0 Å². The van der Waals surface area contributed by atoms with Crippen LogP contribution in [0.2, 0.25) is 0 Å². The molecule has 2 aromatic carbocycles. The fourth-order valence-electron chi connectivity index (χ4n) is 3.19. The van der Waals surface area contributed by atoms with Crippen LogP contribution in [0.4, 0.5) is 0 Å². The molecule has 0 spiro atoms. The Kier molecular flexibility index (Phi) is 6.53. The summed E-state index contributed by atoms with van der Waals surface area (Å²) >= 11 is 0. The van der Waals surface area contributed by atoms with Gasteiger partial charge in [-0.1, -0.05) is 18.2 Å². The molecule has 1 amide bonds. The van der Waals surface area contributed by atoms with E-state index in [-0.39, 0.29) is 12.5 Å². The number of rotatable bonds is 9. The molecule has 0 unspecified atom stereocenters. The maximum atomic E-state index is 12.4. The molecular formula is C22H27N3O3. The van der Waals surface area contributed by atoms with E-state index in [1.54, 1.807) is 0 Å². The number of aromatic nitrogens is 2.